The number of hydrogen-bond acceptors (Lipinski definition) is 3. The van der Waals surface area contributed by atoms with Crippen molar-refractivity contribution in [1.29, 1.82) is 0 Å². The van der Waals surface area contributed by atoms with Gasteiger partial charge in [0.2, 0.25) is 11.8 Å². The summed E-state index contributed by atoms with van der Waals surface area (Å²) in [5, 5.41) is 7.93. The molecule has 5 heteroatoms. The molecule has 0 aromatic heterocycles. The third-order valence-electron chi connectivity index (χ3n) is 4.57. The monoisotopic (exact) mass is 361 g/mol. The number of rotatable bonds is 5. The van der Waals surface area contributed by atoms with Crippen LogP contribution in [0, 0.1) is 0 Å². The van der Waals surface area contributed by atoms with Crippen LogP contribution in [0.5, 0.6) is 0 Å². The van der Waals surface area contributed by atoms with E-state index in [0.717, 1.165) is 11.1 Å². The molecule has 3 aromatic rings. The topological polar surface area (TPSA) is 61.4 Å². The first kappa shape index (κ1) is 18.5. The van der Waals surface area contributed by atoms with E-state index < -0.39 is 0 Å². The Balaban J connectivity index is 1.69. The van der Waals surface area contributed by atoms with Crippen molar-refractivity contribution < 1.29 is 9.59 Å². The molecule has 0 unspecified atom stereocenters. The van der Waals surface area contributed by atoms with Gasteiger partial charge in [0.25, 0.3) is 0 Å². The summed E-state index contributed by atoms with van der Waals surface area (Å²) in [5.41, 5.74) is 2.37. The van der Waals surface area contributed by atoms with Gasteiger partial charge >= 0.3 is 0 Å². The van der Waals surface area contributed by atoms with Gasteiger partial charge in [-0.2, -0.15) is 0 Å². The summed E-state index contributed by atoms with van der Waals surface area (Å²) in [5.74, 6) is -0.227. The number of nitrogens with zero attached hydrogens (tertiary/aromatic N) is 1. The maximum Gasteiger partial charge on any atom is 0.246 e. The van der Waals surface area contributed by atoms with Crippen molar-refractivity contribution in [3.63, 3.8) is 0 Å². The lowest BCUT2D eigenvalue weighted by molar-refractivity contribution is -0.117. The zero-order valence-corrected chi connectivity index (χ0v) is 15.7. The first-order chi connectivity index (χ1) is 12.9. The van der Waals surface area contributed by atoms with E-state index >= 15 is 0 Å². The summed E-state index contributed by atoms with van der Waals surface area (Å²) in [6.45, 7) is 3.33. The van der Waals surface area contributed by atoms with Crippen LogP contribution in [0.3, 0.4) is 0 Å². The zero-order chi connectivity index (χ0) is 19.4. The molecule has 0 spiro atoms. The maximum atomic E-state index is 12.6. The molecule has 0 saturated heterocycles. The third kappa shape index (κ3) is 4.44. The first-order valence-corrected chi connectivity index (χ1v) is 8.84. The van der Waals surface area contributed by atoms with Crippen LogP contribution < -0.4 is 15.5 Å². The Labute approximate surface area is 159 Å². The number of amides is 2. The molecule has 27 heavy (non-hydrogen) atoms. The molecule has 0 heterocycles. The van der Waals surface area contributed by atoms with Gasteiger partial charge in [0.05, 0.1) is 0 Å². The van der Waals surface area contributed by atoms with Crippen molar-refractivity contribution >= 4 is 39.6 Å². The summed E-state index contributed by atoms with van der Waals surface area (Å²) in [6, 6.07) is 21.0. The molecule has 5 nitrogen and oxygen atoms in total. The van der Waals surface area contributed by atoms with Crippen molar-refractivity contribution in [2.24, 2.45) is 0 Å². The van der Waals surface area contributed by atoms with Crippen molar-refractivity contribution in [1.82, 2.24) is 0 Å². The number of nitrogens with one attached hydrogen (secondary N) is 2. The average Bonchev–Trinajstić information content (AvgIpc) is 2.67. The standard InChI is InChI=1S/C22H23N3O2/c1-15(22(27)24-20-11-9-19(10-12-20)23-16(2)26)25(3)21-13-8-17-6-4-5-7-18(17)14-21/h4-15H,1-3H3,(H,23,26)(H,24,27)/t15-/m0/s1. The molecule has 138 valence electrons. The van der Waals surface area contributed by atoms with Crippen LogP contribution in [0.2, 0.25) is 0 Å². The number of fused-ring (bicyclic) bond motifs is 1. The van der Waals surface area contributed by atoms with Crippen LogP contribution >= 0.6 is 0 Å². The van der Waals surface area contributed by atoms with Gasteiger partial charge in [0.15, 0.2) is 0 Å². The lowest BCUT2D eigenvalue weighted by Crippen LogP contribution is -2.39. The minimum atomic E-state index is -0.346. The summed E-state index contributed by atoms with van der Waals surface area (Å²) in [7, 11) is 1.91. The van der Waals surface area contributed by atoms with Gasteiger partial charge in [-0.1, -0.05) is 30.3 Å². The fourth-order valence-electron chi connectivity index (χ4n) is 2.88. The van der Waals surface area contributed by atoms with Crippen LogP contribution in [0.4, 0.5) is 17.1 Å². The predicted octanol–water partition coefficient (Wildman–Crippen LogP) is 4.26. The van der Waals surface area contributed by atoms with Crippen LogP contribution in [0.25, 0.3) is 10.8 Å². The van der Waals surface area contributed by atoms with Crippen LogP contribution in [-0.4, -0.2) is 24.9 Å². The average molecular weight is 361 g/mol. The van der Waals surface area contributed by atoms with Crippen LogP contribution in [0.1, 0.15) is 13.8 Å². The second-order valence-corrected chi connectivity index (χ2v) is 6.57. The lowest BCUT2D eigenvalue weighted by Gasteiger charge is -2.26. The van der Waals surface area contributed by atoms with E-state index in [9.17, 15) is 9.59 Å². The molecule has 0 bridgehead atoms. The molecule has 0 saturated carbocycles. The number of carbonyl (C=O) groups is 2. The molecule has 0 aliphatic heterocycles. The quantitative estimate of drug-likeness (QED) is 0.714. The smallest absolute Gasteiger partial charge is 0.246 e. The Kier molecular flexibility index (Phi) is 5.41. The van der Waals surface area contributed by atoms with E-state index in [2.05, 4.69) is 34.9 Å². The molecular weight excluding hydrogens is 338 g/mol. The Morgan fingerprint density at radius 3 is 2.07 bits per heavy atom. The van der Waals surface area contributed by atoms with E-state index in [1.165, 1.54) is 12.3 Å². The minimum Gasteiger partial charge on any atom is -0.363 e. The Bertz CT molecular complexity index is 967. The van der Waals surface area contributed by atoms with E-state index in [0.29, 0.717) is 11.4 Å². The molecule has 3 rings (SSSR count). The van der Waals surface area contributed by atoms with E-state index in [1.54, 1.807) is 24.3 Å². The highest BCUT2D eigenvalue weighted by Crippen LogP contribution is 2.23. The third-order valence-corrected chi connectivity index (χ3v) is 4.57. The lowest BCUT2D eigenvalue weighted by atomic mass is 10.1. The van der Waals surface area contributed by atoms with Gasteiger partial charge in [-0.25, -0.2) is 0 Å². The molecule has 2 amide bonds. The van der Waals surface area contributed by atoms with E-state index in [1.807, 2.05) is 37.1 Å². The molecular formula is C22H23N3O2. The van der Waals surface area contributed by atoms with Gasteiger partial charge < -0.3 is 15.5 Å². The number of carbonyl (C=O) groups excluding carboxylic acids is 2. The summed E-state index contributed by atoms with van der Waals surface area (Å²) < 4.78 is 0. The fraction of sp³-hybridized carbons (Fsp3) is 0.182. The van der Waals surface area contributed by atoms with Gasteiger partial charge in [0.1, 0.15) is 6.04 Å². The highest BCUT2D eigenvalue weighted by atomic mass is 16.2. The molecule has 2 N–H and O–H groups in total. The van der Waals surface area contributed by atoms with Crippen LogP contribution in [-0.2, 0) is 9.59 Å². The number of benzene rings is 3. The second kappa shape index (κ2) is 7.91. The van der Waals surface area contributed by atoms with Gasteiger partial charge in [-0.05, 0) is 54.1 Å². The normalized spacial score (nSPS) is 11.7. The molecule has 0 aliphatic rings. The van der Waals surface area contributed by atoms with Crippen molar-refractivity contribution in [3.8, 4) is 0 Å². The zero-order valence-electron chi connectivity index (χ0n) is 15.7. The largest absolute Gasteiger partial charge is 0.363 e. The summed E-state index contributed by atoms with van der Waals surface area (Å²) in [4.78, 5) is 25.7. The van der Waals surface area contributed by atoms with Gasteiger partial charge in [-0.3, -0.25) is 9.59 Å². The highest BCUT2D eigenvalue weighted by Gasteiger charge is 2.19. The van der Waals surface area contributed by atoms with Gasteiger partial charge in [-0.15, -0.1) is 0 Å². The van der Waals surface area contributed by atoms with Crippen molar-refractivity contribution in [3.05, 3.63) is 66.7 Å². The number of anilines is 3. The first-order valence-electron chi connectivity index (χ1n) is 8.84. The van der Waals surface area contributed by atoms with E-state index in [4.69, 9.17) is 0 Å². The molecule has 0 fully saturated rings. The summed E-state index contributed by atoms with van der Waals surface area (Å²) >= 11 is 0. The Morgan fingerprint density at radius 1 is 0.852 bits per heavy atom. The molecule has 3 aromatic carbocycles. The fourth-order valence-corrected chi connectivity index (χ4v) is 2.88. The molecule has 0 aliphatic carbocycles. The maximum absolute atomic E-state index is 12.6. The van der Waals surface area contributed by atoms with E-state index in [-0.39, 0.29) is 17.9 Å². The predicted molar refractivity (Wildman–Crippen MR) is 111 cm³/mol. The number of likely N-dealkylation sites (N-methyl/N-ethyl adjacent to an activating group) is 1. The minimum absolute atomic E-state index is 0.0991. The van der Waals surface area contributed by atoms with Crippen molar-refractivity contribution in [2.45, 2.75) is 19.9 Å². The molecule has 1 atom stereocenters. The van der Waals surface area contributed by atoms with Gasteiger partial charge in [0, 0.05) is 31.0 Å². The van der Waals surface area contributed by atoms with Crippen molar-refractivity contribution in [2.75, 3.05) is 22.6 Å². The Hall–Kier alpha value is -3.34. The Morgan fingerprint density at radius 2 is 1.44 bits per heavy atom. The highest BCUT2D eigenvalue weighted by molar-refractivity contribution is 5.97. The number of hydrogen-bond donors (Lipinski definition) is 2. The van der Waals surface area contributed by atoms with Crippen LogP contribution in [0.15, 0.2) is 66.7 Å². The molecule has 0 radical (unpaired) electrons. The second-order valence-electron chi connectivity index (χ2n) is 6.57. The summed E-state index contributed by atoms with van der Waals surface area (Å²) in [6.07, 6.45) is 0. The SMILES string of the molecule is CC(=O)Nc1ccc(NC(=O)[C@H](C)N(C)c2ccc3ccccc3c2)cc1.